The van der Waals surface area contributed by atoms with Gasteiger partial charge in [-0.1, -0.05) is 0 Å². The van der Waals surface area contributed by atoms with E-state index >= 15 is 0 Å². The van der Waals surface area contributed by atoms with Crippen molar-refractivity contribution >= 4 is 15.9 Å². The molecule has 1 aromatic carbocycles. The molecule has 1 fully saturated rings. The minimum Gasteiger partial charge on any atom is -0.493 e. The Morgan fingerprint density at radius 2 is 2.09 bits per heavy atom. The molecule has 6 nitrogen and oxygen atoms in total. The lowest BCUT2D eigenvalue weighted by molar-refractivity contribution is -0.131. The van der Waals surface area contributed by atoms with E-state index in [-0.39, 0.29) is 24.2 Å². The van der Waals surface area contributed by atoms with E-state index in [1.54, 1.807) is 17.0 Å². The van der Waals surface area contributed by atoms with Gasteiger partial charge in [-0.25, -0.2) is 17.5 Å². The van der Waals surface area contributed by atoms with Gasteiger partial charge in [0, 0.05) is 19.0 Å². The number of nitrogens with zero attached hydrogens (tertiary/aromatic N) is 1. The van der Waals surface area contributed by atoms with Crippen LogP contribution in [0, 0.1) is 11.7 Å². The monoisotopic (exact) mass is 344 g/mol. The zero-order valence-corrected chi connectivity index (χ0v) is 13.8. The van der Waals surface area contributed by atoms with Crippen LogP contribution >= 0.6 is 0 Å². The van der Waals surface area contributed by atoms with Gasteiger partial charge in [0.2, 0.25) is 15.9 Å². The van der Waals surface area contributed by atoms with Crippen molar-refractivity contribution in [1.29, 1.82) is 0 Å². The Morgan fingerprint density at radius 1 is 1.39 bits per heavy atom. The number of benzene rings is 1. The van der Waals surface area contributed by atoms with E-state index in [1.165, 1.54) is 12.1 Å². The van der Waals surface area contributed by atoms with E-state index in [9.17, 15) is 17.6 Å². The number of carbonyl (C=O) groups excluding carboxylic acids is 1. The van der Waals surface area contributed by atoms with Gasteiger partial charge in [0.15, 0.2) is 0 Å². The van der Waals surface area contributed by atoms with Crippen molar-refractivity contribution < 1.29 is 22.3 Å². The first-order valence-corrected chi connectivity index (χ1v) is 9.33. The first kappa shape index (κ1) is 17.7. The third-order valence-corrected chi connectivity index (χ3v) is 4.33. The Bertz CT molecular complexity index is 633. The Labute approximate surface area is 135 Å². The van der Waals surface area contributed by atoms with Crippen LogP contribution in [0.1, 0.15) is 12.8 Å². The van der Waals surface area contributed by atoms with E-state index in [2.05, 4.69) is 4.72 Å². The van der Waals surface area contributed by atoms with Gasteiger partial charge in [0.25, 0.3) is 0 Å². The summed E-state index contributed by atoms with van der Waals surface area (Å²) in [6.45, 7) is 1.38. The van der Waals surface area contributed by atoms with Gasteiger partial charge in [0.05, 0.1) is 19.4 Å². The number of carbonyl (C=O) groups is 1. The van der Waals surface area contributed by atoms with Crippen LogP contribution in [0.4, 0.5) is 4.39 Å². The summed E-state index contributed by atoms with van der Waals surface area (Å²) in [5.74, 6) is 0.219. The Morgan fingerprint density at radius 3 is 2.74 bits per heavy atom. The van der Waals surface area contributed by atoms with Crippen LogP contribution < -0.4 is 9.46 Å². The second kappa shape index (κ2) is 7.74. The number of rotatable bonds is 6. The molecule has 0 bridgehead atoms. The highest BCUT2D eigenvalue weighted by molar-refractivity contribution is 7.88. The molecule has 1 aromatic rings. The maximum absolute atomic E-state index is 12.8. The fourth-order valence-corrected chi connectivity index (χ4v) is 2.86. The molecular formula is C15H21FN2O4S. The van der Waals surface area contributed by atoms with Crippen LogP contribution in [0.5, 0.6) is 5.75 Å². The van der Waals surface area contributed by atoms with Crippen molar-refractivity contribution in [2.45, 2.75) is 12.8 Å². The zero-order valence-electron chi connectivity index (χ0n) is 13.0. The zero-order chi connectivity index (χ0) is 16.9. The fraction of sp³-hybridized carbons (Fsp3) is 0.533. The van der Waals surface area contributed by atoms with Gasteiger partial charge in [-0.05, 0) is 37.1 Å². The Hall–Kier alpha value is -1.67. The summed E-state index contributed by atoms with van der Waals surface area (Å²) < 4.78 is 42.7. The second-order valence-corrected chi connectivity index (χ2v) is 7.54. The van der Waals surface area contributed by atoms with Crippen molar-refractivity contribution in [3.63, 3.8) is 0 Å². The molecule has 1 amide bonds. The molecule has 0 aromatic heterocycles. The highest BCUT2D eigenvalue weighted by atomic mass is 32.2. The molecule has 0 spiro atoms. The van der Waals surface area contributed by atoms with Crippen LogP contribution in [-0.2, 0) is 14.8 Å². The van der Waals surface area contributed by atoms with Crippen LogP contribution in [0.2, 0.25) is 0 Å². The summed E-state index contributed by atoms with van der Waals surface area (Å²) >= 11 is 0. The number of piperidine rings is 1. The number of sulfonamides is 1. The van der Waals surface area contributed by atoms with Crippen molar-refractivity contribution in [2.75, 3.05) is 32.5 Å². The third-order valence-electron chi connectivity index (χ3n) is 3.66. The molecule has 1 heterocycles. The second-order valence-electron chi connectivity index (χ2n) is 5.71. The fourth-order valence-electron chi connectivity index (χ4n) is 2.48. The first-order valence-electron chi connectivity index (χ1n) is 7.44. The van der Waals surface area contributed by atoms with Crippen molar-refractivity contribution in [2.24, 2.45) is 5.92 Å². The number of halogens is 1. The Kier molecular flexibility index (Phi) is 5.95. The smallest absolute Gasteiger partial charge is 0.237 e. The summed E-state index contributed by atoms with van der Waals surface area (Å²) in [5, 5.41) is 0. The normalized spacial score (nSPS) is 18.7. The van der Waals surface area contributed by atoms with Gasteiger partial charge in [-0.2, -0.15) is 0 Å². The van der Waals surface area contributed by atoms with Crippen LogP contribution in [0.25, 0.3) is 0 Å². The van der Waals surface area contributed by atoms with E-state index in [1.807, 2.05) is 0 Å². The SMILES string of the molecule is CS(=O)(=O)NCC(=O)N1CCCC(COc2ccc(F)cc2)C1. The molecule has 2 rings (SSSR count). The number of hydrogen-bond acceptors (Lipinski definition) is 4. The van der Waals surface area contributed by atoms with Gasteiger partial charge < -0.3 is 9.64 Å². The predicted octanol–water partition coefficient (Wildman–Crippen LogP) is 0.992. The van der Waals surface area contributed by atoms with E-state index in [0.717, 1.165) is 19.1 Å². The number of ether oxygens (including phenoxy) is 1. The van der Waals surface area contributed by atoms with Gasteiger partial charge in [-0.15, -0.1) is 0 Å². The molecule has 1 N–H and O–H groups in total. The predicted molar refractivity (Wildman–Crippen MR) is 84.0 cm³/mol. The van der Waals surface area contributed by atoms with Crippen molar-refractivity contribution in [3.8, 4) is 5.75 Å². The molecule has 23 heavy (non-hydrogen) atoms. The summed E-state index contributed by atoms with van der Waals surface area (Å²) in [4.78, 5) is 13.7. The summed E-state index contributed by atoms with van der Waals surface area (Å²) in [5.41, 5.74) is 0. The highest BCUT2D eigenvalue weighted by Crippen LogP contribution is 2.19. The summed E-state index contributed by atoms with van der Waals surface area (Å²) in [6.07, 6.45) is 2.81. The van der Waals surface area contributed by atoms with Crippen LogP contribution in [0.3, 0.4) is 0 Å². The number of likely N-dealkylation sites (tertiary alicyclic amines) is 1. The largest absolute Gasteiger partial charge is 0.493 e. The number of amides is 1. The minimum absolute atomic E-state index is 0.177. The number of nitrogens with one attached hydrogen (secondary N) is 1. The molecule has 1 aliphatic rings. The average molecular weight is 344 g/mol. The van der Waals surface area contributed by atoms with Gasteiger partial charge in [-0.3, -0.25) is 4.79 Å². The van der Waals surface area contributed by atoms with E-state index in [4.69, 9.17) is 4.74 Å². The molecule has 0 aliphatic carbocycles. The minimum atomic E-state index is -3.37. The standard InChI is InChI=1S/C15H21FN2O4S/c1-23(20,21)17-9-15(19)18-8-2-3-12(10-18)11-22-14-6-4-13(16)5-7-14/h4-7,12,17H,2-3,8-11H2,1H3. The molecule has 0 radical (unpaired) electrons. The number of hydrogen-bond donors (Lipinski definition) is 1. The lowest BCUT2D eigenvalue weighted by Crippen LogP contribution is -2.45. The maximum atomic E-state index is 12.8. The molecule has 1 aliphatic heterocycles. The van der Waals surface area contributed by atoms with Crippen molar-refractivity contribution in [1.82, 2.24) is 9.62 Å². The third kappa shape index (κ3) is 6.15. The lowest BCUT2D eigenvalue weighted by Gasteiger charge is -2.32. The molecule has 8 heteroatoms. The Balaban J connectivity index is 1.80. The molecule has 1 unspecified atom stereocenters. The average Bonchev–Trinajstić information content (AvgIpc) is 2.51. The van der Waals surface area contributed by atoms with Crippen LogP contribution in [0.15, 0.2) is 24.3 Å². The summed E-state index contributed by atoms with van der Waals surface area (Å²) in [6, 6.07) is 5.81. The van der Waals surface area contributed by atoms with Crippen molar-refractivity contribution in [3.05, 3.63) is 30.1 Å². The maximum Gasteiger partial charge on any atom is 0.237 e. The van der Waals surface area contributed by atoms with Crippen LogP contribution in [-0.4, -0.2) is 51.7 Å². The quantitative estimate of drug-likeness (QED) is 0.835. The topological polar surface area (TPSA) is 75.7 Å². The molecule has 0 saturated carbocycles. The highest BCUT2D eigenvalue weighted by Gasteiger charge is 2.24. The molecule has 1 atom stereocenters. The summed E-state index contributed by atoms with van der Waals surface area (Å²) in [7, 11) is -3.37. The van der Waals surface area contributed by atoms with E-state index < -0.39 is 10.0 Å². The lowest BCUT2D eigenvalue weighted by atomic mass is 9.99. The molecule has 128 valence electrons. The first-order chi connectivity index (χ1) is 10.8. The van der Waals surface area contributed by atoms with Gasteiger partial charge >= 0.3 is 0 Å². The van der Waals surface area contributed by atoms with E-state index in [0.29, 0.717) is 25.4 Å². The van der Waals surface area contributed by atoms with Gasteiger partial charge in [0.1, 0.15) is 11.6 Å². The molecule has 1 saturated heterocycles. The molecular weight excluding hydrogens is 323 g/mol.